The quantitative estimate of drug-likeness (QED) is 0.0558. The van der Waals surface area contributed by atoms with Gasteiger partial charge in [-0.25, -0.2) is 19.9 Å². The van der Waals surface area contributed by atoms with Crippen LogP contribution in [0.1, 0.15) is 52.7 Å². The number of nitrogens with one attached hydrogen (secondary N) is 4. The monoisotopic (exact) mass is 1900 g/mol. The molecule has 0 radical (unpaired) electrons. The number of hydrogen-bond acceptors (Lipinski definition) is 19. The molecule has 0 saturated carbocycles. The first kappa shape index (κ1) is 86.1. The fourth-order valence-electron chi connectivity index (χ4n) is 10.0. The van der Waals surface area contributed by atoms with Gasteiger partial charge in [0.1, 0.15) is 36.7 Å². The summed E-state index contributed by atoms with van der Waals surface area (Å²) >= 11 is 13.8. The van der Waals surface area contributed by atoms with Gasteiger partial charge in [0.2, 0.25) is 5.95 Å². The third-order valence-electron chi connectivity index (χ3n) is 15.2. The van der Waals surface area contributed by atoms with Gasteiger partial charge in [-0.15, -0.1) is 12.0 Å². The van der Waals surface area contributed by atoms with Crippen molar-refractivity contribution in [2.45, 2.75) is 78.4 Å². The Morgan fingerprint density at radius 1 is 0.541 bits per heavy atom. The molecule has 0 unspecified atom stereocenters. The Morgan fingerprint density at radius 2 is 0.898 bits per heavy atom. The highest BCUT2D eigenvalue weighted by Gasteiger charge is 2.54. The summed E-state index contributed by atoms with van der Waals surface area (Å²) in [5.74, 6) is 8.69. The molecule has 0 bridgehead atoms. The minimum Gasteiger partial charge on any atom is -0.462 e. The maximum Gasteiger partial charge on any atom is 0.293 e. The van der Waals surface area contributed by atoms with Crippen LogP contribution in [0.15, 0.2) is 73.3 Å². The van der Waals surface area contributed by atoms with Crippen LogP contribution in [0.5, 0.6) is 0 Å². The first-order chi connectivity index (χ1) is 46.7. The fraction of sp³-hybridized carbons (Fsp3) is 0.567. The Bertz CT molecular complexity index is 3960. The Balaban J connectivity index is 0.000000183. The van der Waals surface area contributed by atoms with E-state index in [-0.39, 0.29) is 11.2 Å². The molecular formula is C60H83FI2N12O5S17Si. The second-order valence-corrected chi connectivity index (χ2v) is 60.6. The maximum atomic E-state index is 12.0. The highest BCUT2D eigenvalue weighted by molar-refractivity contribution is 14.1. The van der Waals surface area contributed by atoms with Crippen LogP contribution in [0.4, 0.5) is 21.8 Å². The van der Waals surface area contributed by atoms with Gasteiger partial charge in [-0.3, -0.25) is 14.5 Å². The largest absolute Gasteiger partial charge is 0.462 e. The van der Waals surface area contributed by atoms with Crippen LogP contribution in [-0.2, 0) is 179 Å². The molecular weight excluding hydrogens is 1810 g/mol. The topological polar surface area (TPSA) is 174 Å². The van der Waals surface area contributed by atoms with Crippen molar-refractivity contribution in [1.82, 2.24) is 46.1 Å². The summed E-state index contributed by atoms with van der Waals surface area (Å²) in [7, 11) is 24.1. The van der Waals surface area contributed by atoms with Gasteiger partial charge in [0.15, 0.2) is 0 Å². The molecule has 0 aliphatic carbocycles. The van der Waals surface area contributed by atoms with Crippen LogP contribution < -0.4 is 36.0 Å². The lowest BCUT2D eigenvalue weighted by molar-refractivity contribution is -0.139. The van der Waals surface area contributed by atoms with Gasteiger partial charge in [-0.2, -0.15) is 4.39 Å². The number of aromatic nitrogens is 4. The zero-order valence-corrected chi connectivity index (χ0v) is 74.9. The molecule has 0 aromatic carbocycles. The third-order valence-corrected chi connectivity index (χ3v) is 48.4. The number of terminal acetylenes is 1. The van der Waals surface area contributed by atoms with Crippen LogP contribution in [0.25, 0.3) is 0 Å². The molecule has 4 N–H and O–H groups in total. The summed E-state index contributed by atoms with van der Waals surface area (Å²) in [6, 6.07) is 16.1. The highest BCUT2D eigenvalue weighted by Crippen LogP contribution is 2.43. The molecule has 4 spiro atoms. The van der Waals surface area contributed by atoms with Gasteiger partial charge < -0.3 is 50.2 Å². The first-order valence-electron chi connectivity index (χ1n) is 30.4. The molecule has 9 aliphatic rings. The van der Waals surface area contributed by atoms with E-state index in [0.29, 0.717) is 35.2 Å². The zero-order valence-electron chi connectivity index (χ0n) is 55.7. The van der Waals surface area contributed by atoms with Crippen molar-refractivity contribution >= 4 is 239 Å². The van der Waals surface area contributed by atoms with E-state index < -0.39 is 14.0 Å². The Hall–Kier alpha value is -0.833. The van der Waals surface area contributed by atoms with E-state index in [1.165, 1.54) is 112 Å². The summed E-state index contributed by atoms with van der Waals surface area (Å²) in [5, 5.41) is 13.2. The van der Waals surface area contributed by atoms with Crippen molar-refractivity contribution in [1.29, 1.82) is 0 Å². The lowest BCUT2D eigenvalue weighted by Gasteiger charge is -2.63. The predicted octanol–water partition coefficient (Wildman–Crippen LogP) is 6.28. The highest BCUT2D eigenvalue weighted by atomic mass is 127. The lowest BCUT2D eigenvalue weighted by atomic mass is 9.72. The van der Waals surface area contributed by atoms with Crippen LogP contribution >= 0.6 is 45.2 Å². The lowest BCUT2D eigenvalue weighted by Crippen LogP contribution is -2.75. The molecule has 540 valence electrons. The standard InChI is InChI=1S/C15H17N3O.C15H21N3Si.C10H12IN3.C5H3FIN.C5H10N2.2C5H10O2.S17/c1-2-12-3-4-14(16-5-12)18-10-15(11-18)8-17(9-15)13-6-19-7-13;1-19(2,3)7-6-13-4-5-14(17-8-13)18-11-15(12-18)9-16-10-15;11-8-1-2-9(13-3-8)14-6-10(7-14)4-12-5-10;6-5-2-1-4(7)3-8-5;1-5(2-6-1)3-7-4-5;2*1-5(2,3)7-4-6;1-3-5-7-9-11-13-15-17-16-14-12-10-8-6-4-2/h1,3-5,13H,6-11H2;4-5,8,16H,9-12H2,1-3H3;1-3,12H,4-7H2;1-3H;6-7H,1-4H2;2*4H,1-3H3;. The second kappa shape index (κ2) is 43.7. The van der Waals surface area contributed by atoms with Gasteiger partial charge >= 0.3 is 0 Å². The molecule has 17 nitrogen and oxygen atoms in total. The SMILES string of the molecule is C#Cc1ccc(N2CC3(C2)CN(C2COC2)C3)nc1.C1NCC12CNC2.CC(C)(C)OC=O.CC(C)(C)OC=O.C[Si](C)(C)C#Cc1ccc(N2CC3(CNC3)C2)nc1.Fc1ccc(I)cn1.Ic1ccc(N2CC3(CNC3)C2)nc1.S=S=S=S=S=S=S=S=S=S=S=S=S=S=S=S=S. The molecule has 9 fully saturated rings. The summed E-state index contributed by atoms with van der Waals surface area (Å²) in [6.07, 6.45) is 12.4. The van der Waals surface area contributed by atoms with Gasteiger partial charge in [-0.05, 0) is 135 Å². The Morgan fingerprint density at radius 3 is 1.14 bits per heavy atom. The predicted molar refractivity (Wildman–Crippen MR) is 464 cm³/mol. The van der Waals surface area contributed by atoms with Crippen LogP contribution in [0.3, 0.4) is 0 Å². The summed E-state index contributed by atoms with van der Waals surface area (Å²) in [5.41, 5.74) is 7.00. The minimum absolute atomic E-state index is 0.318. The third kappa shape index (κ3) is 31.7. The van der Waals surface area contributed by atoms with Crippen molar-refractivity contribution in [3.8, 4) is 23.8 Å². The number of likely N-dealkylation sites (tertiary alicyclic amines) is 1. The Kier molecular flexibility index (Phi) is 38.4. The van der Waals surface area contributed by atoms with Crippen molar-refractivity contribution in [2.75, 3.05) is 133 Å². The number of rotatable bonds is 6. The Labute approximate surface area is 658 Å². The van der Waals surface area contributed by atoms with E-state index in [9.17, 15) is 14.0 Å². The zero-order chi connectivity index (χ0) is 71.1. The van der Waals surface area contributed by atoms with E-state index in [4.69, 9.17) is 33.5 Å². The minimum atomic E-state index is -1.29. The van der Waals surface area contributed by atoms with Crippen molar-refractivity contribution < 1.29 is 28.2 Å². The summed E-state index contributed by atoms with van der Waals surface area (Å²) < 4.78 is 28.5. The van der Waals surface area contributed by atoms with E-state index in [1.54, 1.807) is 128 Å². The first-order valence-corrected chi connectivity index (χ1v) is 57.4. The number of carbonyl (C=O) groups is 2. The molecule has 13 rings (SSSR count). The average Bonchev–Trinajstić information content (AvgIpc) is 0.788. The summed E-state index contributed by atoms with van der Waals surface area (Å²) in [6.45, 7) is 39.5. The number of halogens is 3. The maximum absolute atomic E-state index is 12.0. The molecule has 4 aromatic rings. The molecule has 13 heterocycles. The van der Waals surface area contributed by atoms with E-state index in [2.05, 4.69) is 177 Å². The number of carbonyl (C=O) groups excluding carboxylic acids is 2. The number of nitrogens with zero attached hydrogens (tertiary/aromatic N) is 8. The van der Waals surface area contributed by atoms with Gasteiger partial charge in [0, 0.05) is 325 Å². The second-order valence-electron chi connectivity index (χ2n) is 26.8. The van der Waals surface area contributed by atoms with Gasteiger partial charge in [0.05, 0.1) is 19.3 Å². The van der Waals surface area contributed by atoms with Crippen LogP contribution in [0, 0.1) is 58.6 Å². The number of anilines is 3. The number of pyridine rings is 4. The molecule has 4 aromatic heterocycles. The van der Waals surface area contributed by atoms with E-state index in [1.807, 2.05) is 66.1 Å². The van der Waals surface area contributed by atoms with Crippen molar-refractivity contribution in [2.24, 2.45) is 21.7 Å². The average molecular weight is 1900 g/mol. The van der Waals surface area contributed by atoms with Gasteiger partial charge in [-0.1, -0.05) is 31.5 Å². The van der Waals surface area contributed by atoms with Crippen LogP contribution in [-0.4, -0.2) is 181 Å². The molecule has 38 heteroatoms. The van der Waals surface area contributed by atoms with Crippen molar-refractivity contribution in [3.05, 3.63) is 97.5 Å². The van der Waals surface area contributed by atoms with E-state index in [0.717, 1.165) is 77.0 Å². The number of ether oxygens (including phenoxy) is 3. The molecule has 9 saturated heterocycles. The van der Waals surface area contributed by atoms with Crippen molar-refractivity contribution in [3.63, 3.8) is 0 Å². The summed E-state index contributed by atoms with van der Waals surface area (Å²) in [4.78, 5) is 45.6. The van der Waals surface area contributed by atoms with E-state index >= 15 is 0 Å². The molecule has 98 heavy (non-hydrogen) atoms. The fourth-order valence-corrected chi connectivity index (χ4v) is 46.8. The number of hydrogen-bond donors (Lipinski definition) is 4. The van der Waals surface area contributed by atoms with Crippen LogP contribution in [0.2, 0.25) is 19.6 Å². The normalized spacial score (nSPS) is 18.1. The smallest absolute Gasteiger partial charge is 0.293 e. The van der Waals surface area contributed by atoms with Gasteiger partial charge in [0.25, 0.3) is 12.9 Å². The molecule has 9 aliphatic heterocycles. The molecule has 0 amide bonds. The molecule has 0 atom stereocenters.